The zero-order valence-electron chi connectivity index (χ0n) is 11.5. The van der Waals surface area contributed by atoms with Crippen molar-refractivity contribution in [1.82, 2.24) is 14.8 Å². The highest BCUT2D eigenvalue weighted by Crippen LogP contribution is 2.22. The molecule has 1 aromatic heterocycles. The molecule has 0 aliphatic carbocycles. The Morgan fingerprint density at radius 1 is 1.37 bits per heavy atom. The lowest BCUT2D eigenvalue weighted by Gasteiger charge is -2.15. The van der Waals surface area contributed by atoms with Gasteiger partial charge < -0.3 is 5.73 Å². The van der Waals surface area contributed by atoms with Gasteiger partial charge >= 0.3 is 0 Å². The first-order chi connectivity index (χ1) is 8.99. The SMILES string of the molecule is Cc1cc(C(N)Cc2ncnn2C(C)C)ccc1Cl. The highest BCUT2D eigenvalue weighted by Gasteiger charge is 2.14. The van der Waals surface area contributed by atoms with Crippen LogP contribution in [0.4, 0.5) is 0 Å². The molecule has 2 aromatic rings. The molecule has 1 aromatic carbocycles. The third-order valence-corrected chi connectivity index (χ3v) is 3.57. The van der Waals surface area contributed by atoms with Crippen LogP contribution in [-0.4, -0.2) is 14.8 Å². The molecule has 1 unspecified atom stereocenters. The van der Waals surface area contributed by atoms with Crippen LogP contribution in [-0.2, 0) is 6.42 Å². The summed E-state index contributed by atoms with van der Waals surface area (Å²) in [5, 5.41) is 4.99. The lowest BCUT2D eigenvalue weighted by Crippen LogP contribution is -2.18. The third-order valence-electron chi connectivity index (χ3n) is 3.15. The quantitative estimate of drug-likeness (QED) is 0.935. The van der Waals surface area contributed by atoms with E-state index in [1.54, 1.807) is 6.33 Å². The van der Waals surface area contributed by atoms with E-state index in [0.29, 0.717) is 6.42 Å². The molecule has 1 atom stereocenters. The van der Waals surface area contributed by atoms with Crippen LogP contribution in [0.1, 0.15) is 42.9 Å². The van der Waals surface area contributed by atoms with E-state index < -0.39 is 0 Å². The van der Waals surface area contributed by atoms with Crippen molar-refractivity contribution < 1.29 is 0 Å². The van der Waals surface area contributed by atoms with Gasteiger partial charge in [0.1, 0.15) is 12.2 Å². The van der Waals surface area contributed by atoms with Gasteiger partial charge in [-0.25, -0.2) is 9.67 Å². The lowest BCUT2D eigenvalue weighted by molar-refractivity contribution is 0.493. The molecular weight excluding hydrogens is 260 g/mol. The average Bonchev–Trinajstić information content (AvgIpc) is 2.80. The Bertz CT molecular complexity index is 562. The minimum Gasteiger partial charge on any atom is -0.324 e. The standard InChI is InChI=1S/C14H19ClN4/c1-9(2)19-14(17-8-18-19)7-13(16)11-4-5-12(15)10(3)6-11/h4-6,8-9,13H,7,16H2,1-3H3. The summed E-state index contributed by atoms with van der Waals surface area (Å²) in [5.41, 5.74) is 8.36. The van der Waals surface area contributed by atoms with Crippen molar-refractivity contribution in [2.24, 2.45) is 5.73 Å². The second-order valence-corrected chi connectivity index (χ2v) is 5.44. The first-order valence-corrected chi connectivity index (χ1v) is 6.77. The Morgan fingerprint density at radius 2 is 2.11 bits per heavy atom. The summed E-state index contributed by atoms with van der Waals surface area (Å²) in [6.45, 7) is 6.14. The minimum absolute atomic E-state index is 0.0994. The summed E-state index contributed by atoms with van der Waals surface area (Å²) < 4.78 is 1.91. The fourth-order valence-corrected chi connectivity index (χ4v) is 2.18. The third kappa shape index (κ3) is 3.14. The smallest absolute Gasteiger partial charge is 0.138 e. The molecule has 102 valence electrons. The highest BCUT2D eigenvalue weighted by molar-refractivity contribution is 6.31. The van der Waals surface area contributed by atoms with Gasteiger partial charge in [0.15, 0.2) is 0 Å². The zero-order chi connectivity index (χ0) is 14.0. The summed E-state index contributed by atoms with van der Waals surface area (Å²) in [6, 6.07) is 6.08. The summed E-state index contributed by atoms with van der Waals surface area (Å²) in [5.74, 6) is 0.912. The monoisotopic (exact) mass is 278 g/mol. The molecular formula is C14H19ClN4. The number of aromatic nitrogens is 3. The largest absolute Gasteiger partial charge is 0.324 e. The van der Waals surface area contributed by atoms with Crippen molar-refractivity contribution in [2.75, 3.05) is 0 Å². The molecule has 0 saturated carbocycles. The Morgan fingerprint density at radius 3 is 2.74 bits per heavy atom. The summed E-state index contributed by atoms with van der Waals surface area (Å²) in [6.07, 6.45) is 2.24. The number of hydrogen-bond acceptors (Lipinski definition) is 3. The molecule has 0 aliphatic heterocycles. The fraction of sp³-hybridized carbons (Fsp3) is 0.429. The molecule has 0 saturated heterocycles. The second kappa shape index (κ2) is 5.72. The molecule has 0 radical (unpaired) electrons. The van der Waals surface area contributed by atoms with E-state index in [1.165, 1.54) is 0 Å². The number of hydrogen-bond donors (Lipinski definition) is 1. The first-order valence-electron chi connectivity index (χ1n) is 6.39. The first kappa shape index (κ1) is 14.0. The van der Waals surface area contributed by atoms with E-state index in [9.17, 15) is 0 Å². The molecule has 19 heavy (non-hydrogen) atoms. The molecule has 0 bridgehead atoms. The van der Waals surface area contributed by atoms with Crippen LogP contribution in [0.3, 0.4) is 0 Å². The van der Waals surface area contributed by atoms with E-state index in [2.05, 4.69) is 23.9 Å². The Labute approximate surface area is 118 Å². The predicted molar refractivity (Wildman–Crippen MR) is 77.2 cm³/mol. The van der Waals surface area contributed by atoms with Crippen LogP contribution >= 0.6 is 11.6 Å². The molecule has 0 fully saturated rings. The van der Waals surface area contributed by atoms with Gasteiger partial charge in [0.25, 0.3) is 0 Å². The van der Waals surface area contributed by atoms with Crippen molar-refractivity contribution in [3.63, 3.8) is 0 Å². The number of aryl methyl sites for hydroxylation is 1. The van der Waals surface area contributed by atoms with E-state index in [1.807, 2.05) is 29.8 Å². The van der Waals surface area contributed by atoms with Gasteiger partial charge in [0, 0.05) is 23.5 Å². The van der Waals surface area contributed by atoms with Crippen LogP contribution < -0.4 is 5.73 Å². The maximum absolute atomic E-state index is 6.25. The molecule has 5 heteroatoms. The normalized spacial score (nSPS) is 12.9. The summed E-state index contributed by atoms with van der Waals surface area (Å²) in [7, 11) is 0. The molecule has 2 rings (SSSR count). The van der Waals surface area contributed by atoms with Crippen LogP contribution in [0, 0.1) is 6.92 Å². The van der Waals surface area contributed by atoms with E-state index in [4.69, 9.17) is 17.3 Å². The van der Waals surface area contributed by atoms with Crippen LogP contribution in [0.15, 0.2) is 24.5 Å². The van der Waals surface area contributed by atoms with Gasteiger partial charge in [-0.1, -0.05) is 23.7 Å². The van der Waals surface area contributed by atoms with Crippen molar-refractivity contribution in [3.8, 4) is 0 Å². The summed E-state index contributed by atoms with van der Waals surface area (Å²) in [4.78, 5) is 4.29. The number of benzene rings is 1. The minimum atomic E-state index is -0.0994. The average molecular weight is 279 g/mol. The number of rotatable bonds is 4. The van der Waals surface area contributed by atoms with Gasteiger partial charge in [-0.05, 0) is 38.0 Å². The van der Waals surface area contributed by atoms with Gasteiger partial charge in [-0.3, -0.25) is 0 Å². The second-order valence-electron chi connectivity index (χ2n) is 5.03. The van der Waals surface area contributed by atoms with Crippen LogP contribution in [0.2, 0.25) is 5.02 Å². The van der Waals surface area contributed by atoms with Crippen LogP contribution in [0.5, 0.6) is 0 Å². The molecule has 0 amide bonds. The zero-order valence-corrected chi connectivity index (χ0v) is 12.2. The van der Waals surface area contributed by atoms with E-state index in [0.717, 1.165) is 22.0 Å². The van der Waals surface area contributed by atoms with Crippen molar-refractivity contribution >= 4 is 11.6 Å². The molecule has 2 N–H and O–H groups in total. The molecule has 1 heterocycles. The molecule has 0 aliphatic rings. The number of nitrogens with two attached hydrogens (primary N) is 1. The van der Waals surface area contributed by atoms with Crippen LogP contribution in [0.25, 0.3) is 0 Å². The van der Waals surface area contributed by atoms with Gasteiger partial charge in [0.2, 0.25) is 0 Å². The van der Waals surface area contributed by atoms with Crippen molar-refractivity contribution in [1.29, 1.82) is 0 Å². The van der Waals surface area contributed by atoms with Crippen molar-refractivity contribution in [2.45, 2.75) is 39.3 Å². The van der Waals surface area contributed by atoms with Gasteiger partial charge in [-0.2, -0.15) is 5.10 Å². The summed E-state index contributed by atoms with van der Waals surface area (Å²) >= 11 is 6.03. The topological polar surface area (TPSA) is 56.7 Å². The van der Waals surface area contributed by atoms with Gasteiger partial charge in [-0.15, -0.1) is 0 Å². The maximum atomic E-state index is 6.25. The van der Waals surface area contributed by atoms with Gasteiger partial charge in [0.05, 0.1) is 0 Å². The Balaban J connectivity index is 2.18. The Hall–Kier alpha value is -1.39. The Kier molecular flexibility index (Phi) is 4.22. The predicted octanol–water partition coefficient (Wildman–Crippen LogP) is 3.06. The number of halogens is 1. The molecule has 4 nitrogen and oxygen atoms in total. The maximum Gasteiger partial charge on any atom is 0.138 e. The molecule has 0 spiro atoms. The van der Waals surface area contributed by atoms with E-state index >= 15 is 0 Å². The van der Waals surface area contributed by atoms with E-state index in [-0.39, 0.29) is 12.1 Å². The van der Waals surface area contributed by atoms with Crippen molar-refractivity contribution in [3.05, 3.63) is 46.5 Å². The highest BCUT2D eigenvalue weighted by atomic mass is 35.5. The lowest BCUT2D eigenvalue weighted by atomic mass is 10.0. The number of nitrogens with zero attached hydrogens (tertiary/aromatic N) is 3. The fourth-order valence-electron chi connectivity index (χ4n) is 2.06.